The number of carbonyl (C=O) groups is 1. The maximum Gasteiger partial charge on any atom is 0.256 e. The van der Waals surface area contributed by atoms with Crippen LogP contribution in [0.1, 0.15) is 52.3 Å². The van der Waals surface area contributed by atoms with E-state index in [-0.39, 0.29) is 11.7 Å². The third-order valence-corrected chi connectivity index (χ3v) is 6.12. The minimum Gasteiger partial charge on any atom is -0.353 e. The van der Waals surface area contributed by atoms with Crippen molar-refractivity contribution in [1.29, 1.82) is 0 Å². The molecular weight excluding hydrogens is 311 g/mol. The van der Waals surface area contributed by atoms with Crippen molar-refractivity contribution >= 4 is 22.2 Å². The molecule has 2 heterocycles. The monoisotopic (exact) mass is 330 g/mol. The van der Waals surface area contributed by atoms with Crippen LogP contribution in [0.5, 0.6) is 0 Å². The number of rotatable bonds is 2. The van der Waals surface area contributed by atoms with Crippen LogP contribution in [-0.4, -0.2) is 5.91 Å². The first kappa shape index (κ1) is 14.7. The standard InChI is InChI=1S/C18H19FN2OS/c1-2-10-7-8-12-14(9-10)23-18-15(12)17(22)20-16(21-18)11-5-3-4-6-13(11)19/h3-6,10,16,21H,2,7-9H2,1H3,(H,20,22)/t10-,16-/m0/s1. The summed E-state index contributed by atoms with van der Waals surface area (Å²) in [6.45, 7) is 2.22. The predicted octanol–water partition coefficient (Wildman–Crippen LogP) is 4.26. The maximum atomic E-state index is 14.0. The number of halogens is 1. The zero-order valence-electron chi connectivity index (χ0n) is 13.0. The van der Waals surface area contributed by atoms with Crippen LogP contribution >= 0.6 is 11.3 Å². The molecule has 23 heavy (non-hydrogen) atoms. The van der Waals surface area contributed by atoms with E-state index >= 15 is 0 Å². The molecule has 0 bridgehead atoms. The van der Waals surface area contributed by atoms with E-state index in [9.17, 15) is 9.18 Å². The Hall–Kier alpha value is -1.88. The summed E-state index contributed by atoms with van der Waals surface area (Å²) in [6.07, 6.45) is 3.86. The molecule has 2 aromatic rings. The van der Waals surface area contributed by atoms with E-state index < -0.39 is 6.17 Å². The number of anilines is 1. The zero-order valence-corrected chi connectivity index (χ0v) is 13.8. The quantitative estimate of drug-likeness (QED) is 0.864. The van der Waals surface area contributed by atoms with Gasteiger partial charge in [-0.3, -0.25) is 4.79 Å². The number of thiophene rings is 1. The molecular formula is C18H19FN2OS. The molecule has 0 fully saturated rings. The van der Waals surface area contributed by atoms with E-state index in [2.05, 4.69) is 17.6 Å². The highest BCUT2D eigenvalue weighted by atomic mass is 32.1. The van der Waals surface area contributed by atoms with Gasteiger partial charge in [-0.2, -0.15) is 0 Å². The number of amides is 1. The highest BCUT2D eigenvalue weighted by molar-refractivity contribution is 7.16. The lowest BCUT2D eigenvalue weighted by molar-refractivity contribution is 0.0934. The third kappa shape index (κ3) is 2.43. The smallest absolute Gasteiger partial charge is 0.256 e. The van der Waals surface area contributed by atoms with Crippen LogP contribution in [0.25, 0.3) is 0 Å². The Balaban J connectivity index is 1.69. The van der Waals surface area contributed by atoms with Gasteiger partial charge >= 0.3 is 0 Å². The van der Waals surface area contributed by atoms with Crippen LogP contribution in [0.4, 0.5) is 9.39 Å². The van der Waals surface area contributed by atoms with Gasteiger partial charge < -0.3 is 10.6 Å². The van der Waals surface area contributed by atoms with Gasteiger partial charge in [0.1, 0.15) is 17.0 Å². The number of nitrogens with one attached hydrogen (secondary N) is 2. The molecule has 0 saturated carbocycles. The molecule has 0 saturated heterocycles. The third-order valence-electron chi connectivity index (χ3n) is 4.94. The van der Waals surface area contributed by atoms with Crippen LogP contribution in [0.2, 0.25) is 0 Å². The van der Waals surface area contributed by atoms with Gasteiger partial charge in [0, 0.05) is 10.4 Å². The maximum absolute atomic E-state index is 14.0. The summed E-state index contributed by atoms with van der Waals surface area (Å²) in [4.78, 5) is 13.9. The molecule has 1 aromatic carbocycles. The van der Waals surface area contributed by atoms with Gasteiger partial charge in [-0.15, -0.1) is 11.3 Å². The number of hydrogen-bond acceptors (Lipinski definition) is 3. The first-order chi connectivity index (χ1) is 11.2. The molecule has 2 N–H and O–H groups in total. The Morgan fingerprint density at radius 2 is 2.13 bits per heavy atom. The molecule has 1 aliphatic carbocycles. The number of carbonyl (C=O) groups excluding carboxylic acids is 1. The summed E-state index contributed by atoms with van der Waals surface area (Å²) in [5.74, 6) is 0.327. The molecule has 120 valence electrons. The highest BCUT2D eigenvalue weighted by Crippen LogP contribution is 2.43. The topological polar surface area (TPSA) is 41.1 Å². The van der Waals surface area contributed by atoms with Crippen molar-refractivity contribution < 1.29 is 9.18 Å². The van der Waals surface area contributed by atoms with Crippen molar-refractivity contribution in [2.75, 3.05) is 5.32 Å². The summed E-state index contributed by atoms with van der Waals surface area (Å²) in [6, 6.07) is 6.57. The summed E-state index contributed by atoms with van der Waals surface area (Å²) in [5.41, 5.74) is 2.46. The van der Waals surface area contributed by atoms with Gasteiger partial charge in [-0.1, -0.05) is 31.5 Å². The van der Waals surface area contributed by atoms with Crippen molar-refractivity contribution in [3.63, 3.8) is 0 Å². The fourth-order valence-electron chi connectivity index (χ4n) is 3.58. The average molecular weight is 330 g/mol. The first-order valence-corrected chi connectivity index (χ1v) is 8.95. The second kappa shape index (κ2) is 5.64. The molecule has 3 nitrogen and oxygen atoms in total. The Labute approximate surface area is 138 Å². The molecule has 2 atom stereocenters. The molecule has 5 heteroatoms. The van der Waals surface area contributed by atoms with Gasteiger partial charge in [0.05, 0.1) is 5.56 Å². The molecule has 0 spiro atoms. The number of fused-ring (bicyclic) bond motifs is 3. The molecule has 1 aliphatic heterocycles. The van der Waals surface area contributed by atoms with E-state index in [1.165, 1.54) is 22.9 Å². The first-order valence-electron chi connectivity index (χ1n) is 8.13. The van der Waals surface area contributed by atoms with Gasteiger partial charge in [0.2, 0.25) is 0 Å². The summed E-state index contributed by atoms with van der Waals surface area (Å²) in [5, 5.41) is 7.12. The highest BCUT2D eigenvalue weighted by Gasteiger charge is 2.34. The Morgan fingerprint density at radius 1 is 1.30 bits per heavy atom. The Bertz CT molecular complexity index is 770. The minimum atomic E-state index is -0.502. The number of benzene rings is 1. The van der Waals surface area contributed by atoms with Gasteiger partial charge in [0.15, 0.2) is 0 Å². The van der Waals surface area contributed by atoms with E-state index in [0.717, 1.165) is 29.8 Å². The van der Waals surface area contributed by atoms with Crippen LogP contribution in [0.3, 0.4) is 0 Å². The Kier molecular flexibility index (Phi) is 3.60. The molecule has 2 aliphatic rings. The van der Waals surface area contributed by atoms with Crippen molar-refractivity contribution in [2.24, 2.45) is 5.92 Å². The van der Waals surface area contributed by atoms with Crippen LogP contribution < -0.4 is 10.6 Å². The molecule has 0 unspecified atom stereocenters. The second-order valence-electron chi connectivity index (χ2n) is 6.30. The summed E-state index contributed by atoms with van der Waals surface area (Å²) < 4.78 is 14.0. The lowest BCUT2D eigenvalue weighted by Gasteiger charge is -2.27. The van der Waals surface area contributed by atoms with Gasteiger partial charge in [-0.05, 0) is 36.8 Å². The summed E-state index contributed by atoms with van der Waals surface area (Å²) in [7, 11) is 0. The zero-order chi connectivity index (χ0) is 16.0. The fourth-order valence-corrected chi connectivity index (χ4v) is 4.97. The average Bonchev–Trinajstić information content (AvgIpc) is 2.92. The SMILES string of the molecule is CC[C@H]1CCc2c(sc3c2C(=O)N[C@H](c2ccccc2F)N3)C1. The molecule has 1 amide bonds. The lowest BCUT2D eigenvalue weighted by atomic mass is 9.85. The molecule has 1 aromatic heterocycles. The van der Waals surface area contributed by atoms with Gasteiger partial charge in [-0.25, -0.2) is 4.39 Å². The van der Waals surface area contributed by atoms with Crippen LogP contribution in [0.15, 0.2) is 24.3 Å². The van der Waals surface area contributed by atoms with E-state index in [0.29, 0.717) is 11.5 Å². The molecule has 0 radical (unpaired) electrons. The van der Waals surface area contributed by atoms with E-state index in [1.54, 1.807) is 29.5 Å². The van der Waals surface area contributed by atoms with Crippen molar-refractivity contribution in [1.82, 2.24) is 5.32 Å². The normalized spacial score (nSPS) is 22.8. The van der Waals surface area contributed by atoms with Crippen LogP contribution in [0, 0.1) is 11.7 Å². The second-order valence-corrected chi connectivity index (χ2v) is 7.40. The van der Waals surface area contributed by atoms with Gasteiger partial charge in [0.25, 0.3) is 5.91 Å². The summed E-state index contributed by atoms with van der Waals surface area (Å²) >= 11 is 1.67. The van der Waals surface area contributed by atoms with Crippen molar-refractivity contribution in [3.8, 4) is 0 Å². The van der Waals surface area contributed by atoms with Crippen LogP contribution in [-0.2, 0) is 12.8 Å². The minimum absolute atomic E-state index is 0.0838. The fraction of sp³-hybridized carbons (Fsp3) is 0.389. The Morgan fingerprint density at radius 3 is 2.91 bits per heavy atom. The van der Waals surface area contributed by atoms with E-state index in [4.69, 9.17) is 0 Å². The molecule has 4 rings (SSSR count). The van der Waals surface area contributed by atoms with Crippen molar-refractivity contribution in [3.05, 3.63) is 51.7 Å². The van der Waals surface area contributed by atoms with Crippen molar-refractivity contribution in [2.45, 2.75) is 38.8 Å². The largest absolute Gasteiger partial charge is 0.353 e. The lowest BCUT2D eigenvalue weighted by Crippen LogP contribution is -2.38. The predicted molar refractivity (Wildman–Crippen MR) is 90.4 cm³/mol. The number of hydrogen-bond donors (Lipinski definition) is 2. The van der Waals surface area contributed by atoms with E-state index in [1.807, 2.05) is 0 Å².